The first-order valence-electron chi connectivity index (χ1n) is 6.64. The van der Waals surface area contributed by atoms with Crippen molar-refractivity contribution in [2.24, 2.45) is 0 Å². The van der Waals surface area contributed by atoms with Crippen LogP contribution in [0.3, 0.4) is 0 Å². The maximum atomic E-state index is 13.0. The zero-order chi connectivity index (χ0) is 16.1. The van der Waals surface area contributed by atoms with Crippen LogP contribution < -0.4 is 0 Å². The fourth-order valence-electron chi connectivity index (χ4n) is 2.03. The van der Waals surface area contributed by atoms with Crippen LogP contribution in [-0.2, 0) is 32.2 Å². The van der Waals surface area contributed by atoms with Crippen LogP contribution in [-0.4, -0.2) is 23.6 Å². The summed E-state index contributed by atoms with van der Waals surface area (Å²) in [6.07, 6.45) is 1.71. The van der Waals surface area contributed by atoms with Crippen LogP contribution in [0.15, 0.2) is 36.5 Å². The van der Waals surface area contributed by atoms with Crippen molar-refractivity contribution in [2.75, 3.05) is 7.11 Å². The Hall–Kier alpha value is -2.63. The average molecular weight is 305 g/mol. The number of ether oxygens (including phenoxy) is 2. The lowest BCUT2D eigenvalue weighted by molar-refractivity contribution is -0.142. The number of benzene rings is 1. The minimum Gasteiger partial charge on any atom is -0.468 e. The highest BCUT2D eigenvalue weighted by atomic mass is 19.1. The number of carbonyl (C=O) groups excluding carboxylic acids is 2. The lowest BCUT2D eigenvalue weighted by Crippen LogP contribution is -2.11. The summed E-state index contributed by atoms with van der Waals surface area (Å²) in [5, 5.41) is 0. The van der Waals surface area contributed by atoms with E-state index in [1.807, 2.05) is 0 Å². The van der Waals surface area contributed by atoms with Gasteiger partial charge >= 0.3 is 11.9 Å². The van der Waals surface area contributed by atoms with Crippen LogP contribution in [0.2, 0.25) is 0 Å². The molecule has 1 heterocycles. The van der Waals surface area contributed by atoms with Crippen LogP contribution in [0.1, 0.15) is 12.5 Å². The second-order valence-corrected chi connectivity index (χ2v) is 4.72. The van der Waals surface area contributed by atoms with E-state index >= 15 is 0 Å². The third-order valence-electron chi connectivity index (χ3n) is 3.06. The number of aromatic nitrogens is 1. The van der Waals surface area contributed by atoms with Gasteiger partial charge in [-0.15, -0.1) is 0 Å². The fourth-order valence-corrected chi connectivity index (χ4v) is 2.03. The molecule has 0 fully saturated rings. The van der Waals surface area contributed by atoms with Gasteiger partial charge in [-0.2, -0.15) is 0 Å². The maximum absolute atomic E-state index is 13.0. The molecule has 116 valence electrons. The van der Waals surface area contributed by atoms with Gasteiger partial charge in [0.15, 0.2) is 0 Å². The average Bonchev–Trinajstić information content (AvgIpc) is 2.88. The highest BCUT2D eigenvalue weighted by molar-refractivity contribution is 5.71. The summed E-state index contributed by atoms with van der Waals surface area (Å²) in [4.78, 5) is 22.4. The van der Waals surface area contributed by atoms with Gasteiger partial charge in [0.25, 0.3) is 0 Å². The van der Waals surface area contributed by atoms with Gasteiger partial charge in [0, 0.05) is 24.4 Å². The van der Waals surface area contributed by atoms with Crippen LogP contribution in [0.5, 0.6) is 0 Å². The number of hydrogen-bond donors (Lipinski definition) is 0. The van der Waals surface area contributed by atoms with Crippen LogP contribution in [0, 0.1) is 5.82 Å². The molecule has 1 aromatic carbocycles. The summed E-state index contributed by atoms with van der Waals surface area (Å²) in [7, 11) is 1.31. The highest BCUT2D eigenvalue weighted by Crippen LogP contribution is 2.23. The number of rotatable bonds is 5. The zero-order valence-electron chi connectivity index (χ0n) is 12.3. The molecule has 0 amide bonds. The molecule has 2 rings (SSSR count). The van der Waals surface area contributed by atoms with Crippen molar-refractivity contribution < 1.29 is 23.5 Å². The van der Waals surface area contributed by atoms with Crippen LogP contribution >= 0.6 is 0 Å². The lowest BCUT2D eigenvalue weighted by atomic mass is 10.1. The van der Waals surface area contributed by atoms with Crippen molar-refractivity contribution in [3.63, 3.8) is 0 Å². The van der Waals surface area contributed by atoms with E-state index < -0.39 is 5.97 Å². The van der Waals surface area contributed by atoms with E-state index in [1.54, 1.807) is 29.0 Å². The molecule has 5 nitrogen and oxygen atoms in total. The molecule has 0 N–H and O–H groups in total. The Bertz CT molecular complexity index is 676. The predicted molar refractivity (Wildman–Crippen MR) is 77.3 cm³/mol. The molecular formula is C16H16FNO4. The quantitative estimate of drug-likeness (QED) is 0.797. The van der Waals surface area contributed by atoms with Crippen molar-refractivity contribution in [1.82, 2.24) is 4.57 Å². The molecule has 0 spiro atoms. The molecule has 0 atom stereocenters. The molecule has 2 aromatic rings. The number of esters is 2. The number of hydrogen-bond acceptors (Lipinski definition) is 4. The molecule has 6 heteroatoms. The second kappa shape index (κ2) is 6.89. The van der Waals surface area contributed by atoms with Crippen molar-refractivity contribution in [1.29, 1.82) is 0 Å². The zero-order valence-corrected chi connectivity index (χ0v) is 12.3. The number of methoxy groups -OCH3 is 1. The first kappa shape index (κ1) is 15.8. The minimum absolute atomic E-state index is 0.0171. The Morgan fingerprint density at radius 2 is 1.91 bits per heavy atom. The minimum atomic E-state index is -0.405. The highest BCUT2D eigenvalue weighted by Gasteiger charge is 2.12. The topological polar surface area (TPSA) is 57.5 Å². The molecule has 0 saturated carbocycles. The largest absolute Gasteiger partial charge is 0.468 e. The predicted octanol–water partition coefficient (Wildman–Crippen LogP) is 2.53. The standard InChI is InChI=1S/C16H16FNO4/c1-11(19)22-10-12-7-15(13-3-5-14(17)6-4-13)18(8-12)9-16(20)21-2/h3-8H,9-10H2,1-2H3. The Kier molecular flexibility index (Phi) is 4.93. The van der Waals surface area contributed by atoms with Crippen LogP contribution in [0.4, 0.5) is 4.39 Å². The molecule has 0 aliphatic carbocycles. The third kappa shape index (κ3) is 3.94. The SMILES string of the molecule is COC(=O)Cn1cc(COC(C)=O)cc1-c1ccc(F)cc1. The Labute approximate surface area is 127 Å². The van der Waals surface area contributed by atoms with Crippen molar-refractivity contribution in [3.8, 4) is 11.3 Å². The molecule has 0 radical (unpaired) electrons. The van der Waals surface area contributed by atoms with E-state index in [0.717, 1.165) is 11.1 Å². The first-order valence-corrected chi connectivity index (χ1v) is 6.64. The van der Waals surface area contributed by atoms with Gasteiger partial charge in [-0.3, -0.25) is 9.59 Å². The number of nitrogens with zero attached hydrogens (tertiary/aromatic N) is 1. The first-order chi connectivity index (χ1) is 10.5. The summed E-state index contributed by atoms with van der Waals surface area (Å²) in [5.41, 5.74) is 2.20. The van der Waals surface area contributed by atoms with Gasteiger partial charge in [-0.25, -0.2) is 4.39 Å². The smallest absolute Gasteiger partial charge is 0.325 e. The molecular weight excluding hydrogens is 289 g/mol. The number of carbonyl (C=O) groups is 2. The van der Waals surface area contributed by atoms with E-state index in [1.165, 1.54) is 26.2 Å². The fraction of sp³-hybridized carbons (Fsp3) is 0.250. The molecule has 0 aliphatic heterocycles. The van der Waals surface area contributed by atoms with Gasteiger partial charge in [-0.1, -0.05) is 0 Å². The van der Waals surface area contributed by atoms with Gasteiger partial charge in [0.1, 0.15) is 19.0 Å². The molecule has 1 aromatic heterocycles. The van der Waals surface area contributed by atoms with E-state index in [-0.39, 0.29) is 24.9 Å². The van der Waals surface area contributed by atoms with Crippen molar-refractivity contribution in [3.05, 3.63) is 47.9 Å². The normalized spacial score (nSPS) is 10.3. The summed E-state index contributed by atoms with van der Waals surface area (Å²) < 4.78 is 24.3. The Balaban J connectivity index is 2.33. The van der Waals surface area contributed by atoms with E-state index in [2.05, 4.69) is 4.74 Å². The maximum Gasteiger partial charge on any atom is 0.325 e. The third-order valence-corrected chi connectivity index (χ3v) is 3.06. The van der Waals surface area contributed by atoms with E-state index in [9.17, 15) is 14.0 Å². The summed E-state index contributed by atoms with van der Waals surface area (Å²) in [6.45, 7) is 1.45. The molecule has 0 saturated heterocycles. The van der Waals surface area contributed by atoms with Gasteiger partial charge in [0.05, 0.1) is 7.11 Å². The second-order valence-electron chi connectivity index (χ2n) is 4.72. The van der Waals surface area contributed by atoms with Gasteiger partial charge in [0.2, 0.25) is 0 Å². The van der Waals surface area contributed by atoms with Gasteiger partial charge < -0.3 is 14.0 Å². The summed E-state index contributed by atoms with van der Waals surface area (Å²) in [5.74, 6) is -1.13. The molecule has 22 heavy (non-hydrogen) atoms. The van der Waals surface area contributed by atoms with Crippen molar-refractivity contribution >= 4 is 11.9 Å². The van der Waals surface area contributed by atoms with Gasteiger partial charge in [-0.05, 0) is 35.9 Å². The molecule has 0 bridgehead atoms. The summed E-state index contributed by atoms with van der Waals surface area (Å²) >= 11 is 0. The monoisotopic (exact) mass is 305 g/mol. The van der Waals surface area contributed by atoms with E-state index in [4.69, 9.17) is 4.74 Å². The van der Waals surface area contributed by atoms with E-state index in [0.29, 0.717) is 5.69 Å². The molecule has 0 aliphatic rings. The van der Waals surface area contributed by atoms with Crippen LogP contribution in [0.25, 0.3) is 11.3 Å². The lowest BCUT2D eigenvalue weighted by Gasteiger charge is -2.07. The molecule has 0 unspecified atom stereocenters. The van der Waals surface area contributed by atoms with Crippen molar-refractivity contribution in [2.45, 2.75) is 20.1 Å². The summed E-state index contributed by atoms with van der Waals surface area (Å²) in [6, 6.07) is 7.72. The number of halogens is 1. The Morgan fingerprint density at radius 3 is 2.50 bits per heavy atom. The Morgan fingerprint density at radius 1 is 1.23 bits per heavy atom.